The molecule has 162 valence electrons. The van der Waals surface area contributed by atoms with Crippen LogP contribution in [0.5, 0.6) is 0 Å². The Morgan fingerprint density at radius 1 is 0.774 bits per heavy atom. The third kappa shape index (κ3) is 5.91. The molecule has 0 aliphatic carbocycles. The molecule has 1 aliphatic heterocycles. The Morgan fingerprint density at radius 2 is 1.32 bits per heavy atom. The van der Waals surface area contributed by atoms with E-state index in [-0.39, 0.29) is 18.5 Å². The van der Waals surface area contributed by atoms with E-state index in [2.05, 4.69) is 34.1 Å². The van der Waals surface area contributed by atoms with Crippen LogP contribution in [0.3, 0.4) is 0 Å². The van der Waals surface area contributed by atoms with Crippen molar-refractivity contribution in [3.8, 4) is 0 Å². The number of rotatable bonds is 8. The molecular formula is C26H29FN2O2. The minimum absolute atomic E-state index is 0.202. The molecule has 1 heterocycles. The quantitative estimate of drug-likeness (QED) is 0.595. The topological polar surface area (TPSA) is 35.9 Å². The Hall–Kier alpha value is -2.73. The van der Waals surface area contributed by atoms with Gasteiger partial charge in [0.05, 0.1) is 12.7 Å². The summed E-state index contributed by atoms with van der Waals surface area (Å²) < 4.78 is 19.3. The van der Waals surface area contributed by atoms with Crippen molar-refractivity contribution in [2.75, 3.05) is 44.2 Å². The third-order valence-corrected chi connectivity index (χ3v) is 5.69. The van der Waals surface area contributed by atoms with Gasteiger partial charge in [0, 0.05) is 38.4 Å². The molecule has 0 radical (unpaired) electrons. The number of hydrogen-bond donors (Lipinski definition) is 1. The smallest absolute Gasteiger partial charge is 0.123 e. The minimum atomic E-state index is -0.563. The lowest BCUT2D eigenvalue weighted by molar-refractivity contribution is -0.00893. The van der Waals surface area contributed by atoms with E-state index in [4.69, 9.17) is 4.74 Å². The monoisotopic (exact) mass is 420 g/mol. The minimum Gasteiger partial charge on any atom is -0.389 e. The summed E-state index contributed by atoms with van der Waals surface area (Å²) in [4.78, 5) is 4.51. The number of nitrogens with zero attached hydrogens (tertiary/aromatic N) is 2. The molecule has 5 heteroatoms. The Labute approximate surface area is 183 Å². The zero-order chi connectivity index (χ0) is 21.5. The maximum absolute atomic E-state index is 13.1. The van der Waals surface area contributed by atoms with Crippen LogP contribution < -0.4 is 4.90 Å². The summed E-state index contributed by atoms with van der Waals surface area (Å²) in [5, 5.41) is 10.6. The molecule has 0 bridgehead atoms. The van der Waals surface area contributed by atoms with E-state index in [1.54, 1.807) is 0 Å². The molecule has 0 spiro atoms. The number of aliphatic hydroxyl groups excluding tert-OH is 1. The molecule has 1 atom stereocenters. The Balaban J connectivity index is 1.29. The lowest BCUT2D eigenvalue weighted by atomic mass is 10.0. The summed E-state index contributed by atoms with van der Waals surface area (Å²) in [5.41, 5.74) is 3.20. The molecule has 0 saturated carbocycles. The van der Waals surface area contributed by atoms with Crippen molar-refractivity contribution in [3.05, 3.63) is 102 Å². The molecule has 0 aromatic heterocycles. The Bertz CT molecular complexity index is 874. The van der Waals surface area contributed by atoms with Crippen molar-refractivity contribution in [3.63, 3.8) is 0 Å². The fourth-order valence-electron chi connectivity index (χ4n) is 4.04. The van der Waals surface area contributed by atoms with Crippen LogP contribution in [0.4, 0.5) is 10.1 Å². The van der Waals surface area contributed by atoms with E-state index in [1.807, 2.05) is 48.5 Å². The molecule has 4 nitrogen and oxygen atoms in total. The highest BCUT2D eigenvalue weighted by molar-refractivity contribution is 5.46. The van der Waals surface area contributed by atoms with E-state index in [0.29, 0.717) is 6.54 Å². The van der Waals surface area contributed by atoms with E-state index in [9.17, 15) is 9.50 Å². The summed E-state index contributed by atoms with van der Waals surface area (Å²) in [7, 11) is 0. The van der Waals surface area contributed by atoms with Gasteiger partial charge in [-0.15, -0.1) is 0 Å². The molecule has 1 aliphatic rings. The van der Waals surface area contributed by atoms with E-state index in [0.717, 1.165) is 43.0 Å². The molecule has 3 aromatic rings. The van der Waals surface area contributed by atoms with Gasteiger partial charge in [0.1, 0.15) is 11.9 Å². The number of halogens is 1. The lowest BCUT2D eigenvalue weighted by Gasteiger charge is -2.37. The van der Waals surface area contributed by atoms with Crippen molar-refractivity contribution < 1.29 is 14.2 Å². The van der Waals surface area contributed by atoms with Crippen molar-refractivity contribution in [2.24, 2.45) is 0 Å². The van der Waals surface area contributed by atoms with Crippen LogP contribution >= 0.6 is 0 Å². The first-order chi connectivity index (χ1) is 15.2. The number of anilines is 1. The molecule has 3 aromatic carbocycles. The molecule has 31 heavy (non-hydrogen) atoms. The van der Waals surface area contributed by atoms with Gasteiger partial charge < -0.3 is 14.7 Å². The van der Waals surface area contributed by atoms with Gasteiger partial charge in [0.2, 0.25) is 0 Å². The van der Waals surface area contributed by atoms with E-state index in [1.165, 1.54) is 12.1 Å². The van der Waals surface area contributed by atoms with E-state index < -0.39 is 6.10 Å². The van der Waals surface area contributed by atoms with Crippen LogP contribution in [0.2, 0.25) is 0 Å². The van der Waals surface area contributed by atoms with Crippen LogP contribution in [-0.2, 0) is 4.74 Å². The molecule has 1 saturated heterocycles. The third-order valence-electron chi connectivity index (χ3n) is 5.69. The summed E-state index contributed by atoms with van der Waals surface area (Å²) in [6.07, 6.45) is -0.764. The zero-order valence-electron chi connectivity index (χ0n) is 17.6. The van der Waals surface area contributed by atoms with Crippen molar-refractivity contribution in [1.82, 2.24) is 4.90 Å². The van der Waals surface area contributed by atoms with Gasteiger partial charge in [-0.2, -0.15) is 0 Å². The maximum Gasteiger partial charge on any atom is 0.123 e. The highest BCUT2D eigenvalue weighted by Crippen LogP contribution is 2.26. The summed E-state index contributed by atoms with van der Waals surface area (Å²) in [5.74, 6) is -0.213. The highest BCUT2D eigenvalue weighted by atomic mass is 19.1. The Morgan fingerprint density at radius 3 is 1.87 bits per heavy atom. The van der Waals surface area contributed by atoms with Crippen molar-refractivity contribution in [1.29, 1.82) is 0 Å². The number of aliphatic hydroxyl groups is 1. The van der Waals surface area contributed by atoms with Gasteiger partial charge in [-0.1, -0.05) is 60.7 Å². The van der Waals surface area contributed by atoms with Gasteiger partial charge in [-0.05, 0) is 35.4 Å². The molecular weight excluding hydrogens is 391 g/mol. The summed E-state index contributed by atoms with van der Waals surface area (Å²) in [6.45, 7) is 4.27. The molecule has 1 unspecified atom stereocenters. The molecule has 4 rings (SSSR count). The number of benzene rings is 3. The number of β-amino-alcohol motifs (C(OH)–C–C–N with tert-alkyl or cyclic N) is 1. The number of hydrogen-bond acceptors (Lipinski definition) is 4. The fraction of sp³-hybridized carbons (Fsp3) is 0.308. The maximum atomic E-state index is 13.1. The molecule has 1 N–H and O–H groups in total. The van der Waals surface area contributed by atoms with Crippen molar-refractivity contribution >= 4 is 5.69 Å². The standard InChI is InChI=1S/C26H29FN2O2/c27-23-11-13-24(14-12-23)29-17-15-28(16-18-29)19-25(30)20-31-26(21-7-3-1-4-8-21)22-9-5-2-6-10-22/h1-14,25-26,30H,15-20H2. The molecule has 0 amide bonds. The van der Waals surface area contributed by atoms with Crippen LogP contribution in [0.25, 0.3) is 0 Å². The molecule has 1 fully saturated rings. The second kappa shape index (κ2) is 10.5. The van der Waals surface area contributed by atoms with Crippen LogP contribution in [0, 0.1) is 5.82 Å². The predicted molar refractivity (Wildman–Crippen MR) is 122 cm³/mol. The van der Waals surface area contributed by atoms with Gasteiger partial charge in [-0.3, -0.25) is 4.90 Å². The van der Waals surface area contributed by atoms with Crippen molar-refractivity contribution in [2.45, 2.75) is 12.2 Å². The average molecular weight is 421 g/mol. The van der Waals surface area contributed by atoms with Crippen LogP contribution in [-0.4, -0.2) is 55.4 Å². The first kappa shape index (κ1) is 21.5. The number of ether oxygens (including phenoxy) is 1. The van der Waals surface area contributed by atoms with Gasteiger partial charge in [0.25, 0.3) is 0 Å². The normalized spacial score (nSPS) is 15.9. The van der Waals surface area contributed by atoms with E-state index >= 15 is 0 Å². The zero-order valence-corrected chi connectivity index (χ0v) is 17.6. The second-order valence-corrected chi connectivity index (χ2v) is 7.95. The first-order valence-corrected chi connectivity index (χ1v) is 10.8. The summed E-state index contributed by atoms with van der Waals surface area (Å²) >= 11 is 0. The number of piperazine rings is 1. The first-order valence-electron chi connectivity index (χ1n) is 10.8. The van der Waals surface area contributed by atoms with Gasteiger partial charge in [-0.25, -0.2) is 4.39 Å². The average Bonchev–Trinajstić information content (AvgIpc) is 2.82. The Kier molecular flexibility index (Phi) is 7.30. The summed E-state index contributed by atoms with van der Waals surface area (Å²) in [6, 6.07) is 26.9. The fourth-order valence-corrected chi connectivity index (χ4v) is 4.04. The predicted octanol–water partition coefficient (Wildman–Crippen LogP) is 4.11. The van der Waals surface area contributed by atoms with Crippen LogP contribution in [0.15, 0.2) is 84.9 Å². The highest BCUT2D eigenvalue weighted by Gasteiger charge is 2.21. The van der Waals surface area contributed by atoms with Gasteiger partial charge in [0.15, 0.2) is 0 Å². The van der Waals surface area contributed by atoms with Crippen LogP contribution in [0.1, 0.15) is 17.2 Å². The SMILES string of the molecule is OC(COC(c1ccccc1)c1ccccc1)CN1CCN(c2ccc(F)cc2)CC1. The largest absolute Gasteiger partial charge is 0.389 e. The lowest BCUT2D eigenvalue weighted by Crippen LogP contribution is -2.49. The van der Waals surface area contributed by atoms with Gasteiger partial charge >= 0.3 is 0 Å². The second-order valence-electron chi connectivity index (χ2n) is 7.95.